The SMILES string of the molecule is CCNCC1CCN(S(=O)(=O)c2cccc([N+](=O)[O-])c2)CC1.Cl. The first kappa shape index (κ1) is 19.8. The third kappa shape index (κ3) is 4.87. The topological polar surface area (TPSA) is 92.6 Å². The first-order valence-electron chi connectivity index (χ1n) is 7.40. The van der Waals surface area contributed by atoms with E-state index < -0.39 is 14.9 Å². The summed E-state index contributed by atoms with van der Waals surface area (Å²) < 4.78 is 26.6. The van der Waals surface area contributed by atoms with Gasteiger partial charge in [-0.2, -0.15) is 4.31 Å². The molecular formula is C14H22ClN3O4S. The lowest BCUT2D eigenvalue weighted by Gasteiger charge is -2.31. The molecule has 0 aliphatic carbocycles. The Morgan fingerprint density at radius 1 is 1.35 bits per heavy atom. The largest absolute Gasteiger partial charge is 0.317 e. The standard InChI is InChI=1S/C14H21N3O4S.ClH/c1-2-15-11-12-6-8-16(9-7-12)22(20,21)14-5-3-4-13(10-14)17(18)19;/h3-5,10,12,15H,2,6-9,11H2,1H3;1H. The molecule has 9 heteroatoms. The van der Waals surface area contributed by atoms with Crippen molar-refractivity contribution >= 4 is 28.1 Å². The van der Waals surface area contributed by atoms with Crippen LogP contribution in [0.5, 0.6) is 0 Å². The highest BCUT2D eigenvalue weighted by Crippen LogP contribution is 2.25. The lowest BCUT2D eigenvalue weighted by atomic mass is 9.98. The molecule has 1 aliphatic heterocycles. The average molecular weight is 364 g/mol. The average Bonchev–Trinajstić information content (AvgIpc) is 2.53. The maximum absolute atomic E-state index is 12.6. The van der Waals surface area contributed by atoms with Gasteiger partial charge in [-0.05, 0) is 37.9 Å². The van der Waals surface area contributed by atoms with E-state index in [0.717, 1.165) is 32.0 Å². The molecule has 0 saturated carbocycles. The molecule has 0 radical (unpaired) electrons. The van der Waals surface area contributed by atoms with Crippen LogP contribution in [-0.2, 0) is 10.0 Å². The maximum atomic E-state index is 12.6. The first-order chi connectivity index (χ1) is 10.4. The van der Waals surface area contributed by atoms with Gasteiger partial charge in [0.05, 0.1) is 9.82 Å². The van der Waals surface area contributed by atoms with Crippen LogP contribution >= 0.6 is 12.4 Å². The molecule has 1 aromatic carbocycles. The lowest BCUT2D eigenvalue weighted by molar-refractivity contribution is -0.385. The van der Waals surface area contributed by atoms with E-state index >= 15 is 0 Å². The highest BCUT2D eigenvalue weighted by Gasteiger charge is 2.30. The van der Waals surface area contributed by atoms with Gasteiger partial charge in [0.15, 0.2) is 0 Å². The number of nitrogens with one attached hydrogen (secondary N) is 1. The molecule has 1 heterocycles. The van der Waals surface area contributed by atoms with Crippen molar-refractivity contribution in [3.63, 3.8) is 0 Å². The van der Waals surface area contributed by atoms with Gasteiger partial charge in [-0.1, -0.05) is 13.0 Å². The summed E-state index contributed by atoms with van der Waals surface area (Å²) in [7, 11) is -3.65. The Bertz CT molecular complexity index is 631. The predicted octanol–water partition coefficient (Wildman–Crippen LogP) is 2.03. The van der Waals surface area contributed by atoms with E-state index in [9.17, 15) is 18.5 Å². The van der Waals surface area contributed by atoms with Crippen molar-refractivity contribution in [2.75, 3.05) is 26.2 Å². The second-order valence-corrected chi connectivity index (χ2v) is 7.35. The van der Waals surface area contributed by atoms with Crippen molar-refractivity contribution in [2.45, 2.75) is 24.7 Å². The Labute approximate surface area is 142 Å². The van der Waals surface area contributed by atoms with E-state index in [4.69, 9.17) is 0 Å². The molecule has 0 bridgehead atoms. The summed E-state index contributed by atoms with van der Waals surface area (Å²) in [6, 6.07) is 5.23. The number of benzene rings is 1. The van der Waals surface area contributed by atoms with Crippen LogP contribution in [0.2, 0.25) is 0 Å². The second kappa shape index (κ2) is 8.58. The van der Waals surface area contributed by atoms with E-state index in [2.05, 4.69) is 5.32 Å². The number of sulfonamides is 1. The number of nitro groups is 1. The molecular weight excluding hydrogens is 342 g/mol. The van der Waals surface area contributed by atoms with Crippen LogP contribution in [-0.4, -0.2) is 43.8 Å². The molecule has 2 rings (SSSR count). The number of nitrogens with zero attached hydrogens (tertiary/aromatic N) is 2. The minimum absolute atomic E-state index is 0. The molecule has 0 spiro atoms. The summed E-state index contributed by atoms with van der Waals surface area (Å²) in [5.74, 6) is 0.483. The zero-order chi connectivity index (χ0) is 16.2. The van der Waals surface area contributed by atoms with Crippen molar-refractivity contribution in [3.8, 4) is 0 Å². The molecule has 1 fully saturated rings. The Balaban J connectivity index is 0.00000264. The second-order valence-electron chi connectivity index (χ2n) is 5.41. The zero-order valence-electron chi connectivity index (χ0n) is 13.0. The highest BCUT2D eigenvalue weighted by molar-refractivity contribution is 7.89. The molecule has 130 valence electrons. The van der Waals surface area contributed by atoms with E-state index in [-0.39, 0.29) is 23.0 Å². The van der Waals surface area contributed by atoms with Crippen molar-refractivity contribution in [2.24, 2.45) is 5.92 Å². The summed E-state index contributed by atoms with van der Waals surface area (Å²) in [6.07, 6.45) is 1.61. The van der Waals surface area contributed by atoms with Gasteiger partial charge in [-0.15, -0.1) is 12.4 Å². The van der Waals surface area contributed by atoms with Crippen LogP contribution in [0, 0.1) is 16.0 Å². The number of hydrogen-bond acceptors (Lipinski definition) is 5. The maximum Gasteiger partial charge on any atom is 0.270 e. The van der Waals surface area contributed by atoms with Gasteiger partial charge in [0, 0.05) is 25.2 Å². The number of non-ortho nitro benzene ring substituents is 1. The molecule has 0 atom stereocenters. The van der Waals surface area contributed by atoms with Crippen molar-refractivity contribution in [1.82, 2.24) is 9.62 Å². The van der Waals surface area contributed by atoms with Crippen LogP contribution < -0.4 is 5.32 Å². The lowest BCUT2D eigenvalue weighted by Crippen LogP contribution is -2.40. The molecule has 1 aromatic rings. The Kier molecular flexibility index (Phi) is 7.40. The minimum Gasteiger partial charge on any atom is -0.317 e. The van der Waals surface area contributed by atoms with Crippen LogP contribution in [0.3, 0.4) is 0 Å². The summed E-state index contributed by atoms with van der Waals surface area (Å²) in [4.78, 5) is 10.2. The van der Waals surface area contributed by atoms with Crippen LogP contribution in [0.1, 0.15) is 19.8 Å². The van der Waals surface area contributed by atoms with Crippen molar-refractivity contribution in [3.05, 3.63) is 34.4 Å². The normalized spacial score (nSPS) is 16.7. The number of hydrogen-bond donors (Lipinski definition) is 1. The van der Waals surface area contributed by atoms with Crippen LogP contribution in [0.15, 0.2) is 29.2 Å². The summed E-state index contributed by atoms with van der Waals surface area (Å²) in [5, 5.41) is 14.1. The van der Waals surface area contributed by atoms with E-state index in [0.29, 0.717) is 19.0 Å². The predicted molar refractivity (Wildman–Crippen MR) is 90.4 cm³/mol. The fraction of sp³-hybridized carbons (Fsp3) is 0.571. The zero-order valence-corrected chi connectivity index (χ0v) is 14.6. The quantitative estimate of drug-likeness (QED) is 0.616. The molecule has 0 aromatic heterocycles. The summed E-state index contributed by atoms with van der Waals surface area (Å²) >= 11 is 0. The molecule has 23 heavy (non-hydrogen) atoms. The van der Waals surface area contributed by atoms with Gasteiger partial charge in [-0.3, -0.25) is 10.1 Å². The number of nitro benzene ring substituents is 1. The smallest absolute Gasteiger partial charge is 0.270 e. The highest BCUT2D eigenvalue weighted by atomic mass is 35.5. The molecule has 1 saturated heterocycles. The third-order valence-corrected chi connectivity index (χ3v) is 5.82. The first-order valence-corrected chi connectivity index (χ1v) is 8.84. The monoisotopic (exact) mass is 363 g/mol. The van der Waals surface area contributed by atoms with Gasteiger partial charge in [0.2, 0.25) is 10.0 Å². The van der Waals surface area contributed by atoms with Gasteiger partial charge in [0.1, 0.15) is 0 Å². The van der Waals surface area contributed by atoms with Crippen molar-refractivity contribution in [1.29, 1.82) is 0 Å². The van der Waals surface area contributed by atoms with E-state index in [1.807, 2.05) is 6.92 Å². The van der Waals surface area contributed by atoms with Crippen LogP contribution in [0.4, 0.5) is 5.69 Å². The third-order valence-electron chi connectivity index (χ3n) is 3.92. The fourth-order valence-corrected chi connectivity index (χ4v) is 4.12. The fourth-order valence-electron chi connectivity index (χ4n) is 2.61. The molecule has 1 N–H and O–H groups in total. The van der Waals surface area contributed by atoms with Crippen LogP contribution in [0.25, 0.3) is 0 Å². The molecule has 0 unspecified atom stereocenters. The van der Waals surface area contributed by atoms with Gasteiger partial charge in [0.25, 0.3) is 5.69 Å². The number of piperidine rings is 1. The van der Waals surface area contributed by atoms with E-state index in [1.54, 1.807) is 0 Å². The van der Waals surface area contributed by atoms with Gasteiger partial charge < -0.3 is 5.32 Å². The Morgan fingerprint density at radius 2 is 2.00 bits per heavy atom. The van der Waals surface area contributed by atoms with E-state index in [1.165, 1.54) is 22.5 Å². The Hall–Kier alpha value is -1.22. The summed E-state index contributed by atoms with van der Waals surface area (Å²) in [5.41, 5.74) is -0.205. The molecule has 1 aliphatic rings. The van der Waals surface area contributed by atoms with Gasteiger partial charge >= 0.3 is 0 Å². The molecule has 7 nitrogen and oxygen atoms in total. The summed E-state index contributed by atoms with van der Waals surface area (Å²) in [6.45, 7) is 4.78. The minimum atomic E-state index is -3.65. The Morgan fingerprint density at radius 3 is 2.57 bits per heavy atom. The van der Waals surface area contributed by atoms with Crippen molar-refractivity contribution < 1.29 is 13.3 Å². The van der Waals surface area contributed by atoms with Gasteiger partial charge in [-0.25, -0.2) is 8.42 Å². The number of halogens is 1. The number of rotatable bonds is 6. The molecule has 0 amide bonds.